The molecule has 0 aromatic carbocycles. The van der Waals surface area contributed by atoms with Crippen molar-refractivity contribution in [2.45, 2.75) is 25.4 Å². The Bertz CT molecular complexity index is 208. The molecule has 0 radical (unpaired) electrons. The van der Waals surface area contributed by atoms with Crippen molar-refractivity contribution >= 4 is 11.8 Å². The van der Waals surface area contributed by atoms with Crippen LogP contribution in [0.5, 0.6) is 0 Å². The number of nitrogens with one attached hydrogen (secondary N) is 1. The van der Waals surface area contributed by atoms with Crippen molar-refractivity contribution in [3.05, 3.63) is 0 Å². The largest absolute Gasteiger partial charge is 0.383 e. The lowest BCUT2D eigenvalue weighted by molar-refractivity contribution is -0.127. The van der Waals surface area contributed by atoms with E-state index in [1.807, 2.05) is 0 Å². The molecule has 82 valence electrons. The molecule has 0 aromatic heterocycles. The van der Waals surface area contributed by atoms with Gasteiger partial charge in [0.2, 0.25) is 11.8 Å². The highest BCUT2D eigenvalue weighted by Gasteiger charge is 2.17. The van der Waals surface area contributed by atoms with Crippen LogP contribution in [0.25, 0.3) is 0 Å². The zero-order valence-electron chi connectivity index (χ0n) is 8.45. The van der Waals surface area contributed by atoms with Crippen LogP contribution >= 0.6 is 0 Å². The van der Waals surface area contributed by atoms with Crippen LogP contribution in [-0.4, -0.2) is 37.6 Å². The van der Waals surface area contributed by atoms with Gasteiger partial charge in [0.1, 0.15) is 0 Å². The monoisotopic (exact) mass is 203 g/mol. The van der Waals surface area contributed by atoms with Crippen molar-refractivity contribution in [2.24, 2.45) is 11.5 Å². The summed E-state index contributed by atoms with van der Waals surface area (Å²) >= 11 is 0. The number of amides is 2. The highest BCUT2D eigenvalue weighted by molar-refractivity contribution is 5.87. The normalized spacial score (nSPS) is 14.5. The minimum Gasteiger partial charge on any atom is -0.383 e. The van der Waals surface area contributed by atoms with Crippen LogP contribution in [0.4, 0.5) is 0 Å². The highest BCUT2D eigenvalue weighted by Crippen LogP contribution is 1.89. The number of methoxy groups -OCH3 is 1. The molecule has 0 bridgehead atoms. The Hall–Kier alpha value is -1.14. The number of carbonyl (C=O) groups is 2. The van der Waals surface area contributed by atoms with E-state index in [-0.39, 0.29) is 12.5 Å². The van der Waals surface area contributed by atoms with Gasteiger partial charge in [-0.25, -0.2) is 0 Å². The zero-order valence-corrected chi connectivity index (χ0v) is 8.45. The first-order valence-electron chi connectivity index (χ1n) is 4.30. The van der Waals surface area contributed by atoms with Gasteiger partial charge in [-0.2, -0.15) is 0 Å². The minimum atomic E-state index is -0.883. The van der Waals surface area contributed by atoms with Crippen LogP contribution in [0.3, 0.4) is 0 Å². The first kappa shape index (κ1) is 12.9. The van der Waals surface area contributed by atoms with E-state index in [1.165, 1.54) is 7.11 Å². The number of primary amides is 1. The van der Waals surface area contributed by atoms with Crippen molar-refractivity contribution in [2.75, 3.05) is 13.7 Å². The Morgan fingerprint density at radius 1 is 1.50 bits per heavy atom. The molecule has 6 heteroatoms. The molecule has 2 amide bonds. The van der Waals surface area contributed by atoms with Crippen LogP contribution in [0.1, 0.15) is 13.3 Å². The van der Waals surface area contributed by atoms with Crippen molar-refractivity contribution in [1.82, 2.24) is 5.32 Å². The molecule has 0 rings (SSSR count). The van der Waals surface area contributed by atoms with Crippen LogP contribution in [0, 0.1) is 0 Å². The molecular weight excluding hydrogens is 186 g/mol. The van der Waals surface area contributed by atoms with Crippen molar-refractivity contribution in [3.8, 4) is 0 Å². The Kier molecular flexibility index (Phi) is 5.82. The molecule has 14 heavy (non-hydrogen) atoms. The summed E-state index contributed by atoms with van der Waals surface area (Å²) in [5.41, 5.74) is 10.3. The molecule has 0 heterocycles. The highest BCUT2D eigenvalue weighted by atomic mass is 16.5. The van der Waals surface area contributed by atoms with E-state index in [4.69, 9.17) is 16.2 Å². The number of hydrogen-bond donors (Lipinski definition) is 3. The zero-order chi connectivity index (χ0) is 11.1. The number of hydrogen-bond acceptors (Lipinski definition) is 4. The third-order valence-electron chi connectivity index (χ3n) is 1.56. The molecule has 0 aliphatic carbocycles. The third kappa shape index (κ3) is 5.50. The Balaban J connectivity index is 3.88. The smallest absolute Gasteiger partial charge is 0.237 e. The molecule has 2 atom stereocenters. The summed E-state index contributed by atoms with van der Waals surface area (Å²) in [4.78, 5) is 21.7. The van der Waals surface area contributed by atoms with Gasteiger partial charge in [-0.05, 0) is 6.92 Å². The lowest BCUT2D eigenvalue weighted by Crippen LogP contribution is -2.47. The van der Waals surface area contributed by atoms with E-state index in [2.05, 4.69) is 5.32 Å². The lowest BCUT2D eigenvalue weighted by atomic mass is 10.2. The van der Waals surface area contributed by atoms with E-state index < -0.39 is 17.9 Å². The Morgan fingerprint density at radius 3 is 2.50 bits per heavy atom. The minimum absolute atomic E-state index is 0.133. The molecule has 6 nitrogen and oxygen atoms in total. The van der Waals surface area contributed by atoms with Gasteiger partial charge in [0.15, 0.2) is 0 Å². The summed E-state index contributed by atoms with van der Waals surface area (Å²) in [5.74, 6) is -0.986. The molecule has 2 unspecified atom stereocenters. The third-order valence-corrected chi connectivity index (χ3v) is 1.56. The van der Waals surface area contributed by atoms with Gasteiger partial charge in [0.05, 0.1) is 19.1 Å². The van der Waals surface area contributed by atoms with Crippen LogP contribution in [-0.2, 0) is 14.3 Å². The van der Waals surface area contributed by atoms with Crippen molar-refractivity contribution in [1.29, 1.82) is 0 Å². The molecule has 0 aliphatic heterocycles. The number of ether oxygens (including phenoxy) is 1. The molecule has 0 saturated carbocycles. The fourth-order valence-electron chi connectivity index (χ4n) is 0.951. The van der Waals surface area contributed by atoms with Crippen LogP contribution in [0.2, 0.25) is 0 Å². The predicted molar refractivity (Wildman–Crippen MR) is 51.3 cm³/mol. The standard InChI is InChI=1S/C8H17N3O3/c1-5(4-14-2)11-8(13)6(9)3-7(10)12/h5-6H,3-4,9H2,1-2H3,(H2,10,12)(H,11,13). The summed E-state index contributed by atoms with van der Waals surface area (Å²) in [5, 5.41) is 2.59. The average Bonchev–Trinajstić information content (AvgIpc) is 2.02. The fourth-order valence-corrected chi connectivity index (χ4v) is 0.951. The van der Waals surface area contributed by atoms with Gasteiger partial charge in [0.25, 0.3) is 0 Å². The molecule has 0 saturated heterocycles. The summed E-state index contributed by atoms with van der Waals surface area (Å²) in [6.45, 7) is 2.17. The second-order valence-corrected chi connectivity index (χ2v) is 3.14. The van der Waals surface area contributed by atoms with Crippen LogP contribution < -0.4 is 16.8 Å². The predicted octanol–water partition coefficient (Wildman–Crippen LogP) is -1.66. The van der Waals surface area contributed by atoms with Crippen molar-refractivity contribution < 1.29 is 14.3 Å². The van der Waals surface area contributed by atoms with E-state index >= 15 is 0 Å². The summed E-state index contributed by atoms with van der Waals surface area (Å²) in [6.07, 6.45) is -0.147. The Morgan fingerprint density at radius 2 is 2.07 bits per heavy atom. The SMILES string of the molecule is COCC(C)NC(=O)C(N)CC(N)=O. The maximum atomic E-state index is 11.3. The van der Waals surface area contributed by atoms with Crippen LogP contribution in [0.15, 0.2) is 0 Å². The van der Waals surface area contributed by atoms with E-state index in [1.54, 1.807) is 6.92 Å². The van der Waals surface area contributed by atoms with E-state index in [0.29, 0.717) is 6.61 Å². The van der Waals surface area contributed by atoms with Gasteiger partial charge < -0.3 is 21.5 Å². The van der Waals surface area contributed by atoms with Gasteiger partial charge in [-0.15, -0.1) is 0 Å². The molecule has 0 aromatic rings. The van der Waals surface area contributed by atoms with E-state index in [0.717, 1.165) is 0 Å². The first-order chi connectivity index (χ1) is 6.47. The maximum absolute atomic E-state index is 11.3. The van der Waals surface area contributed by atoms with Gasteiger partial charge in [-0.1, -0.05) is 0 Å². The second-order valence-electron chi connectivity index (χ2n) is 3.14. The summed E-state index contributed by atoms with van der Waals surface area (Å²) in [7, 11) is 1.53. The first-order valence-corrected chi connectivity index (χ1v) is 4.30. The number of carbonyl (C=O) groups excluding carboxylic acids is 2. The van der Waals surface area contributed by atoms with Gasteiger partial charge >= 0.3 is 0 Å². The quantitative estimate of drug-likeness (QED) is 0.480. The number of nitrogens with two attached hydrogens (primary N) is 2. The fraction of sp³-hybridized carbons (Fsp3) is 0.750. The van der Waals surface area contributed by atoms with Gasteiger partial charge in [0, 0.05) is 13.2 Å². The van der Waals surface area contributed by atoms with E-state index in [9.17, 15) is 9.59 Å². The lowest BCUT2D eigenvalue weighted by Gasteiger charge is -2.15. The molecule has 5 N–H and O–H groups in total. The molecular formula is C8H17N3O3. The molecule has 0 aliphatic rings. The summed E-state index contributed by atoms with van der Waals surface area (Å²) in [6, 6.07) is -1.02. The number of rotatable bonds is 6. The summed E-state index contributed by atoms with van der Waals surface area (Å²) < 4.78 is 4.82. The maximum Gasteiger partial charge on any atom is 0.237 e. The second kappa shape index (κ2) is 6.33. The topological polar surface area (TPSA) is 107 Å². The Labute approximate surface area is 83.0 Å². The molecule has 0 spiro atoms. The van der Waals surface area contributed by atoms with Gasteiger partial charge in [-0.3, -0.25) is 9.59 Å². The molecule has 0 fully saturated rings. The average molecular weight is 203 g/mol. The van der Waals surface area contributed by atoms with Crippen molar-refractivity contribution in [3.63, 3.8) is 0 Å².